The summed E-state index contributed by atoms with van der Waals surface area (Å²) < 4.78 is 5.97. The summed E-state index contributed by atoms with van der Waals surface area (Å²) in [6.45, 7) is 13.8. The second-order valence-electron chi connectivity index (χ2n) is 5.72. The number of nitrogens with one attached hydrogen (secondary N) is 1. The Bertz CT molecular complexity index is 412. The van der Waals surface area contributed by atoms with Gasteiger partial charge < -0.3 is 10.1 Å². The quantitative estimate of drug-likeness (QED) is 0.839. The Labute approximate surface area is 118 Å². The van der Waals surface area contributed by atoms with E-state index in [1.165, 1.54) is 22.3 Å². The zero-order chi connectivity index (χ0) is 14.6. The zero-order valence-electron chi connectivity index (χ0n) is 13.5. The molecule has 2 atom stereocenters. The molecule has 0 aliphatic heterocycles. The maximum absolute atomic E-state index is 5.97. The first kappa shape index (κ1) is 16.2. The summed E-state index contributed by atoms with van der Waals surface area (Å²) >= 11 is 0. The molecule has 108 valence electrons. The molecule has 0 heterocycles. The maximum atomic E-state index is 5.97. The van der Waals surface area contributed by atoms with Crippen LogP contribution in [0.3, 0.4) is 0 Å². The molecule has 2 nitrogen and oxygen atoms in total. The first-order valence-corrected chi connectivity index (χ1v) is 7.28. The number of hydrogen-bond acceptors (Lipinski definition) is 2. The highest BCUT2D eigenvalue weighted by Gasteiger charge is 2.26. The molecule has 0 aliphatic rings. The Hall–Kier alpha value is -0.860. The van der Waals surface area contributed by atoms with Crippen LogP contribution < -0.4 is 5.32 Å². The van der Waals surface area contributed by atoms with Gasteiger partial charge in [0.1, 0.15) is 0 Å². The Balaban J connectivity index is 3.18. The van der Waals surface area contributed by atoms with Crippen molar-refractivity contribution in [2.75, 3.05) is 13.7 Å². The van der Waals surface area contributed by atoms with Gasteiger partial charge in [-0.25, -0.2) is 0 Å². The molecule has 2 unspecified atom stereocenters. The maximum Gasteiger partial charge on any atom is 0.0792 e. The number of aryl methyl sites for hydroxylation is 3. The Morgan fingerprint density at radius 1 is 1.05 bits per heavy atom. The van der Waals surface area contributed by atoms with E-state index in [0.29, 0.717) is 5.92 Å². The van der Waals surface area contributed by atoms with Gasteiger partial charge in [0.2, 0.25) is 0 Å². The minimum absolute atomic E-state index is 0.204. The molecule has 1 N–H and O–H groups in total. The molecule has 0 saturated carbocycles. The number of hydrogen-bond donors (Lipinski definition) is 1. The summed E-state index contributed by atoms with van der Waals surface area (Å²) in [4.78, 5) is 0. The molecule has 0 saturated heterocycles. The molecule has 0 aliphatic carbocycles. The first-order valence-electron chi connectivity index (χ1n) is 7.28. The van der Waals surface area contributed by atoms with Gasteiger partial charge in [-0.15, -0.1) is 0 Å². The molecule has 0 radical (unpaired) electrons. The van der Waals surface area contributed by atoms with E-state index in [0.717, 1.165) is 6.61 Å². The van der Waals surface area contributed by atoms with Crippen LogP contribution in [0.4, 0.5) is 0 Å². The Kier molecular flexibility index (Phi) is 6.02. The average molecular weight is 263 g/mol. The zero-order valence-corrected chi connectivity index (χ0v) is 13.5. The summed E-state index contributed by atoms with van der Waals surface area (Å²) in [5.41, 5.74) is 5.40. The van der Waals surface area contributed by atoms with E-state index in [1.807, 2.05) is 7.05 Å². The predicted molar refractivity (Wildman–Crippen MR) is 82.7 cm³/mol. The standard InChI is InChI=1S/C17H29NO/c1-8-19-17(11(2)3)16(18-7)15-10-13(5)12(4)9-14(15)6/h9-11,16-18H,8H2,1-7H3. The number of rotatable bonds is 6. The summed E-state index contributed by atoms with van der Waals surface area (Å²) in [5, 5.41) is 3.45. The minimum Gasteiger partial charge on any atom is -0.376 e. The van der Waals surface area contributed by atoms with Crippen LogP contribution >= 0.6 is 0 Å². The highest BCUT2D eigenvalue weighted by Crippen LogP contribution is 2.28. The van der Waals surface area contributed by atoms with Crippen molar-refractivity contribution in [1.82, 2.24) is 5.32 Å². The predicted octanol–water partition coefficient (Wildman–Crippen LogP) is 3.93. The fourth-order valence-corrected chi connectivity index (χ4v) is 2.68. The van der Waals surface area contributed by atoms with Crippen molar-refractivity contribution < 1.29 is 4.74 Å². The SMILES string of the molecule is CCOC(C(C)C)C(NC)c1cc(C)c(C)cc1C. The number of ether oxygens (including phenoxy) is 1. The minimum atomic E-state index is 0.204. The van der Waals surface area contributed by atoms with E-state index in [1.54, 1.807) is 0 Å². The van der Waals surface area contributed by atoms with Crippen LogP contribution in [-0.4, -0.2) is 19.8 Å². The third-order valence-electron chi connectivity index (χ3n) is 3.87. The van der Waals surface area contributed by atoms with Gasteiger partial charge in [-0.2, -0.15) is 0 Å². The summed E-state index contributed by atoms with van der Waals surface area (Å²) in [5.74, 6) is 0.485. The first-order chi connectivity index (χ1) is 8.92. The lowest BCUT2D eigenvalue weighted by atomic mass is 9.89. The van der Waals surface area contributed by atoms with Crippen LogP contribution in [0, 0.1) is 26.7 Å². The Morgan fingerprint density at radius 3 is 2.11 bits per heavy atom. The summed E-state index contributed by atoms with van der Waals surface area (Å²) in [6, 6.07) is 4.83. The molecular formula is C17H29NO. The lowest BCUT2D eigenvalue weighted by Gasteiger charge is -2.31. The molecule has 19 heavy (non-hydrogen) atoms. The largest absolute Gasteiger partial charge is 0.376 e. The van der Waals surface area contributed by atoms with Crippen LogP contribution in [0.1, 0.15) is 49.1 Å². The van der Waals surface area contributed by atoms with Gasteiger partial charge in [0.15, 0.2) is 0 Å². The average Bonchev–Trinajstić information content (AvgIpc) is 2.34. The molecule has 0 amide bonds. The lowest BCUT2D eigenvalue weighted by Crippen LogP contribution is -2.36. The topological polar surface area (TPSA) is 21.3 Å². The molecule has 0 spiro atoms. The van der Waals surface area contributed by atoms with E-state index in [2.05, 4.69) is 59.0 Å². The van der Waals surface area contributed by atoms with Gasteiger partial charge in [0.05, 0.1) is 12.1 Å². The number of benzene rings is 1. The van der Waals surface area contributed by atoms with E-state index in [4.69, 9.17) is 4.74 Å². The van der Waals surface area contributed by atoms with Crippen LogP contribution in [0.2, 0.25) is 0 Å². The molecular weight excluding hydrogens is 234 g/mol. The monoisotopic (exact) mass is 263 g/mol. The fraction of sp³-hybridized carbons (Fsp3) is 0.647. The fourth-order valence-electron chi connectivity index (χ4n) is 2.68. The molecule has 0 fully saturated rings. The van der Waals surface area contributed by atoms with E-state index in [9.17, 15) is 0 Å². The van der Waals surface area contributed by atoms with Gasteiger partial charge in [-0.3, -0.25) is 0 Å². The molecule has 0 aromatic heterocycles. The second kappa shape index (κ2) is 7.06. The van der Waals surface area contributed by atoms with Crippen LogP contribution in [-0.2, 0) is 4.74 Å². The lowest BCUT2D eigenvalue weighted by molar-refractivity contribution is 0.00445. The van der Waals surface area contributed by atoms with E-state index in [-0.39, 0.29) is 12.1 Å². The van der Waals surface area contributed by atoms with Gasteiger partial charge in [-0.05, 0) is 62.9 Å². The number of likely N-dealkylation sites (N-methyl/N-ethyl adjacent to an activating group) is 1. The van der Waals surface area contributed by atoms with E-state index < -0.39 is 0 Å². The van der Waals surface area contributed by atoms with Crippen molar-refractivity contribution in [3.05, 3.63) is 34.4 Å². The van der Waals surface area contributed by atoms with Gasteiger partial charge >= 0.3 is 0 Å². The van der Waals surface area contributed by atoms with Gasteiger partial charge in [-0.1, -0.05) is 26.0 Å². The molecule has 1 aromatic carbocycles. The summed E-state index contributed by atoms with van der Waals surface area (Å²) in [7, 11) is 2.02. The smallest absolute Gasteiger partial charge is 0.0792 e. The highest BCUT2D eigenvalue weighted by molar-refractivity contribution is 5.38. The van der Waals surface area contributed by atoms with Crippen molar-refractivity contribution in [2.24, 2.45) is 5.92 Å². The van der Waals surface area contributed by atoms with Crippen LogP contribution in [0.25, 0.3) is 0 Å². The van der Waals surface area contributed by atoms with Crippen LogP contribution in [0.5, 0.6) is 0 Å². The van der Waals surface area contributed by atoms with Crippen molar-refractivity contribution in [2.45, 2.75) is 53.7 Å². The highest BCUT2D eigenvalue weighted by atomic mass is 16.5. The van der Waals surface area contributed by atoms with E-state index >= 15 is 0 Å². The molecule has 0 bridgehead atoms. The second-order valence-corrected chi connectivity index (χ2v) is 5.72. The van der Waals surface area contributed by atoms with Crippen molar-refractivity contribution in [3.8, 4) is 0 Å². The molecule has 1 rings (SSSR count). The Morgan fingerprint density at radius 2 is 1.63 bits per heavy atom. The summed E-state index contributed by atoms with van der Waals surface area (Å²) in [6.07, 6.45) is 0.204. The third-order valence-corrected chi connectivity index (χ3v) is 3.87. The van der Waals surface area contributed by atoms with Crippen LogP contribution in [0.15, 0.2) is 12.1 Å². The van der Waals surface area contributed by atoms with Gasteiger partial charge in [0.25, 0.3) is 0 Å². The van der Waals surface area contributed by atoms with Crippen molar-refractivity contribution in [1.29, 1.82) is 0 Å². The van der Waals surface area contributed by atoms with Gasteiger partial charge in [0, 0.05) is 6.61 Å². The molecule has 2 heteroatoms. The van der Waals surface area contributed by atoms with Crippen molar-refractivity contribution in [3.63, 3.8) is 0 Å². The van der Waals surface area contributed by atoms with Crippen molar-refractivity contribution >= 4 is 0 Å². The normalized spacial score (nSPS) is 14.7. The third kappa shape index (κ3) is 3.80. The molecule has 1 aromatic rings.